The number of anilines is 1. The Balaban J connectivity index is 2.64. The van der Waals surface area contributed by atoms with Gasteiger partial charge in [0, 0.05) is 6.04 Å². The van der Waals surface area contributed by atoms with Crippen LogP contribution in [0.2, 0.25) is 4.34 Å². The fourth-order valence-corrected chi connectivity index (χ4v) is 4.67. The molecule has 1 atom stereocenters. The summed E-state index contributed by atoms with van der Waals surface area (Å²) in [6, 6.07) is 0.958. The minimum Gasteiger partial charge on any atom is -0.466 e. The Morgan fingerprint density at radius 2 is 2.23 bits per heavy atom. The van der Waals surface area contributed by atoms with Crippen LogP contribution >= 0.6 is 35.2 Å². The number of halogens is 1. The summed E-state index contributed by atoms with van der Waals surface area (Å²) in [4.78, 5) is 11.3. The molecule has 0 aliphatic carbocycles. The van der Waals surface area contributed by atoms with Crippen molar-refractivity contribution in [1.29, 1.82) is 0 Å². The average molecular weight is 386 g/mol. The lowest BCUT2D eigenvalue weighted by Crippen LogP contribution is -2.43. The van der Waals surface area contributed by atoms with Crippen molar-refractivity contribution in [3.05, 3.63) is 10.4 Å². The first-order valence-electron chi connectivity index (χ1n) is 6.19. The third-order valence-electron chi connectivity index (χ3n) is 2.32. The van der Waals surface area contributed by atoms with Crippen molar-refractivity contribution in [3.63, 3.8) is 0 Å². The number of hydrogen-bond donors (Lipinski definition) is 3. The number of nitrogen functional groups attached to an aromatic ring is 1. The highest BCUT2D eigenvalue weighted by molar-refractivity contribution is 7.93. The molecular weight excluding hydrogens is 370 g/mol. The number of carbonyl (C=O) groups is 1. The van der Waals surface area contributed by atoms with E-state index < -0.39 is 22.0 Å². The first-order chi connectivity index (χ1) is 10.2. The quantitative estimate of drug-likeness (QED) is 0.502. The van der Waals surface area contributed by atoms with Gasteiger partial charge in [-0.15, -0.1) is 11.3 Å². The largest absolute Gasteiger partial charge is 0.466 e. The zero-order chi connectivity index (χ0) is 16.9. The predicted octanol–water partition coefficient (Wildman–Crippen LogP) is 1.48. The molecule has 0 saturated heterocycles. The van der Waals surface area contributed by atoms with Crippen LogP contribution in [0.1, 0.15) is 20.3 Å². The summed E-state index contributed by atoms with van der Waals surface area (Å²) in [7, 11) is -3.91. The van der Waals surface area contributed by atoms with Crippen molar-refractivity contribution in [2.24, 2.45) is 0 Å². The average Bonchev–Trinajstić information content (AvgIpc) is 2.68. The van der Waals surface area contributed by atoms with Crippen LogP contribution in [-0.4, -0.2) is 32.1 Å². The van der Waals surface area contributed by atoms with Gasteiger partial charge >= 0.3 is 5.97 Å². The molecule has 1 heterocycles. The highest BCUT2D eigenvalue weighted by atomic mass is 35.5. The number of thiocarbonyl (C=S) groups is 1. The molecule has 0 aliphatic rings. The van der Waals surface area contributed by atoms with Gasteiger partial charge in [0.15, 0.2) is 9.32 Å². The monoisotopic (exact) mass is 385 g/mol. The maximum Gasteiger partial charge on any atom is 0.307 e. The molecule has 0 fully saturated rings. The smallest absolute Gasteiger partial charge is 0.307 e. The van der Waals surface area contributed by atoms with E-state index in [1.54, 1.807) is 13.8 Å². The lowest BCUT2D eigenvalue weighted by atomic mass is 10.2. The maximum absolute atomic E-state index is 12.1. The molecule has 0 aromatic carbocycles. The molecule has 22 heavy (non-hydrogen) atoms. The Morgan fingerprint density at radius 1 is 1.59 bits per heavy atom. The van der Waals surface area contributed by atoms with Gasteiger partial charge in [0.2, 0.25) is 0 Å². The Morgan fingerprint density at radius 3 is 2.73 bits per heavy atom. The highest BCUT2D eigenvalue weighted by Gasteiger charge is 2.22. The van der Waals surface area contributed by atoms with Crippen molar-refractivity contribution in [3.8, 4) is 0 Å². The maximum atomic E-state index is 12.1. The van der Waals surface area contributed by atoms with Crippen LogP contribution in [0.5, 0.6) is 0 Å². The number of hydrogen-bond acceptors (Lipinski definition) is 7. The first kappa shape index (κ1) is 18.9. The molecule has 0 aliphatic heterocycles. The lowest BCUT2D eigenvalue weighted by molar-refractivity contribution is -0.143. The van der Waals surface area contributed by atoms with Crippen molar-refractivity contribution in [2.45, 2.75) is 30.5 Å². The minimum absolute atomic E-state index is 0.0462. The van der Waals surface area contributed by atoms with E-state index in [0.717, 1.165) is 11.3 Å². The summed E-state index contributed by atoms with van der Waals surface area (Å²) in [5.74, 6) is -0.401. The van der Waals surface area contributed by atoms with Gasteiger partial charge in [0.05, 0.1) is 23.1 Å². The van der Waals surface area contributed by atoms with E-state index >= 15 is 0 Å². The third kappa shape index (κ3) is 5.59. The normalized spacial score (nSPS) is 12.5. The van der Waals surface area contributed by atoms with Crippen LogP contribution in [0, 0.1) is 0 Å². The Labute approximate surface area is 143 Å². The predicted molar refractivity (Wildman–Crippen MR) is 90.5 cm³/mol. The van der Waals surface area contributed by atoms with Gasteiger partial charge in [-0.2, -0.15) is 0 Å². The van der Waals surface area contributed by atoms with Crippen LogP contribution < -0.4 is 15.8 Å². The second kappa shape index (κ2) is 7.95. The molecule has 0 spiro atoms. The zero-order valence-electron chi connectivity index (χ0n) is 11.9. The molecule has 0 saturated carbocycles. The molecule has 11 heteroatoms. The van der Waals surface area contributed by atoms with Gasteiger partial charge in [0.25, 0.3) is 10.0 Å². The molecule has 7 nitrogen and oxygen atoms in total. The molecule has 0 radical (unpaired) electrons. The van der Waals surface area contributed by atoms with Crippen LogP contribution in [0.25, 0.3) is 0 Å². The molecular formula is C11H16ClN3O4S3. The second-order valence-electron chi connectivity index (χ2n) is 4.28. The Hall–Kier alpha value is -1.10. The van der Waals surface area contributed by atoms with Crippen LogP contribution in [0.4, 0.5) is 5.69 Å². The molecule has 0 amide bonds. The minimum atomic E-state index is -3.91. The number of esters is 1. The number of carbonyl (C=O) groups excluding carboxylic acids is 1. The van der Waals surface area contributed by atoms with Crippen LogP contribution in [0.3, 0.4) is 0 Å². The van der Waals surface area contributed by atoms with Crippen molar-refractivity contribution in [1.82, 2.24) is 10.0 Å². The number of sulfonamides is 1. The number of ether oxygens (including phenoxy) is 1. The summed E-state index contributed by atoms with van der Waals surface area (Å²) in [6.07, 6.45) is 0.0582. The lowest BCUT2D eigenvalue weighted by Gasteiger charge is -2.16. The topological polar surface area (TPSA) is 111 Å². The van der Waals surface area contributed by atoms with Gasteiger partial charge in [-0.3, -0.25) is 9.52 Å². The van der Waals surface area contributed by atoms with Crippen molar-refractivity contribution >= 4 is 61.9 Å². The summed E-state index contributed by atoms with van der Waals surface area (Å²) in [5, 5.41) is 2.55. The van der Waals surface area contributed by atoms with E-state index in [2.05, 4.69) is 10.0 Å². The number of rotatable bonds is 6. The molecule has 1 aromatic rings. The number of nitrogens with two attached hydrogens (primary N) is 1. The van der Waals surface area contributed by atoms with Gasteiger partial charge in [0.1, 0.15) is 0 Å². The van der Waals surface area contributed by atoms with E-state index in [0.29, 0.717) is 0 Å². The molecule has 1 unspecified atom stereocenters. The van der Waals surface area contributed by atoms with Gasteiger partial charge in [-0.05, 0) is 32.1 Å². The Kier molecular flexibility index (Phi) is 6.85. The Bertz CT molecular complexity index is 660. The second-order valence-corrected chi connectivity index (χ2v) is 8.25. The first-order valence-corrected chi connectivity index (χ1v) is 9.28. The van der Waals surface area contributed by atoms with Crippen molar-refractivity contribution in [2.75, 3.05) is 12.3 Å². The third-order valence-corrected chi connectivity index (χ3v) is 5.85. The van der Waals surface area contributed by atoms with E-state index in [9.17, 15) is 13.2 Å². The SMILES string of the molecule is CCOC(=O)CC(C)NC(=S)NS(=O)(=O)c1sc(Cl)cc1N. The van der Waals surface area contributed by atoms with E-state index in [1.165, 1.54) is 6.07 Å². The summed E-state index contributed by atoms with van der Waals surface area (Å²) >= 11 is 11.5. The highest BCUT2D eigenvalue weighted by Crippen LogP contribution is 2.32. The van der Waals surface area contributed by atoms with E-state index in [-0.39, 0.29) is 32.4 Å². The summed E-state index contributed by atoms with van der Waals surface area (Å²) < 4.78 is 31.4. The molecule has 124 valence electrons. The van der Waals surface area contributed by atoms with Crippen LogP contribution in [-0.2, 0) is 19.6 Å². The van der Waals surface area contributed by atoms with Gasteiger partial charge in [-0.25, -0.2) is 8.42 Å². The summed E-state index contributed by atoms with van der Waals surface area (Å²) in [5.41, 5.74) is 5.63. The van der Waals surface area contributed by atoms with Gasteiger partial charge in [-0.1, -0.05) is 11.6 Å². The fraction of sp³-hybridized carbons (Fsp3) is 0.455. The molecule has 0 bridgehead atoms. The van der Waals surface area contributed by atoms with Gasteiger partial charge < -0.3 is 15.8 Å². The number of nitrogens with one attached hydrogen (secondary N) is 2. The van der Waals surface area contributed by atoms with Crippen molar-refractivity contribution < 1.29 is 17.9 Å². The zero-order valence-corrected chi connectivity index (χ0v) is 15.1. The van der Waals surface area contributed by atoms with Crippen LogP contribution in [0.15, 0.2) is 10.3 Å². The molecule has 1 aromatic heterocycles. The fourth-order valence-electron chi connectivity index (χ4n) is 1.51. The van der Waals surface area contributed by atoms with E-state index in [1.807, 2.05) is 0 Å². The van der Waals surface area contributed by atoms with E-state index in [4.69, 9.17) is 34.3 Å². The number of thiophene rings is 1. The summed E-state index contributed by atoms with van der Waals surface area (Å²) in [6.45, 7) is 3.65. The molecule has 1 rings (SSSR count). The molecule has 4 N–H and O–H groups in total. The standard InChI is InChI=1S/C11H16ClN3O4S3/c1-3-19-9(16)4-6(2)14-11(20)15-22(17,18)10-7(13)5-8(12)21-10/h5-6H,3-4,13H2,1-2H3,(H2,14,15,20).